The van der Waals surface area contributed by atoms with Gasteiger partial charge in [0.2, 0.25) is 0 Å². The molecule has 2 N–H and O–H groups in total. The maximum Gasteiger partial charge on any atom is 0.416 e. The van der Waals surface area contributed by atoms with Gasteiger partial charge in [0.15, 0.2) is 5.43 Å². The van der Waals surface area contributed by atoms with Crippen molar-refractivity contribution in [3.63, 3.8) is 0 Å². The molecule has 6 nitrogen and oxygen atoms in total. The molecular formula is C24H22F3N3O3S. The maximum absolute atomic E-state index is 13.6. The number of fused-ring (bicyclic) bond motifs is 3. The van der Waals surface area contributed by atoms with Gasteiger partial charge in [-0.1, -0.05) is 6.07 Å². The van der Waals surface area contributed by atoms with Gasteiger partial charge in [-0.25, -0.2) is 0 Å². The van der Waals surface area contributed by atoms with E-state index in [0.29, 0.717) is 22.0 Å². The first-order chi connectivity index (χ1) is 16.1. The predicted octanol–water partition coefficient (Wildman–Crippen LogP) is 4.06. The molecule has 4 rings (SSSR count). The molecule has 0 radical (unpaired) electrons. The Labute approximate surface area is 197 Å². The number of carbonyl (C=O) groups is 1. The first-order valence-electron chi connectivity index (χ1n) is 10.6. The predicted molar refractivity (Wildman–Crippen MR) is 122 cm³/mol. The van der Waals surface area contributed by atoms with Crippen molar-refractivity contribution in [3.8, 4) is 5.69 Å². The fourth-order valence-electron chi connectivity index (χ4n) is 3.96. The molecule has 0 aliphatic carbocycles. The number of nitrogens with one attached hydrogen (secondary N) is 1. The topological polar surface area (TPSA) is 84.2 Å². The van der Waals surface area contributed by atoms with Crippen LogP contribution >= 0.6 is 11.8 Å². The van der Waals surface area contributed by atoms with E-state index in [4.69, 9.17) is 0 Å². The van der Waals surface area contributed by atoms with Gasteiger partial charge in [0, 0.05) is 41.5 Å². The Bertz CT molecular complexity index is 1290. The summed E-state index contributed by atoms with van der Waals surface area (Å²) in [4.78, 5) is 30.9. The van der Waals surface area contributed by atoms with Crippen molar-refractivity contribution in [1.82, 2.24) is 14.9 Å². The second-order valence-corrected chi connectivity index (χ2v) is 9.36. The molecule has 3 aromatic rings. The SMILES string of the molecule is Cc1cc(=O)c(C(=O)NCC(C)O)c2n1-c1cc(C(F)(F)F)ccc1SC(c1ccccn1)C2. The van der Waals surface area contributed by atoms with E-state index in [2.05, 4.69) is 10.3 Å². The summed E-state index contributed by atoms with van der Waals surface area (Å²) in [6, 6.07) is 10.1. The summed E-state index contributed by atoms with van der Waals surface area (Å²) in [5, 5.41) is 11.7. The molecule has 0 spiro atoms. The number of halogens is 3. The summed E-state index contributed by atoms with van der Waals surface area (Å²) >= 11 is 1.34. The zero-order chi connectivity index (χ0) is 24.6. The monoisotopic (exact) mass is 489 g/mol. The Balaban J connectivity index is 1.98. The minimum atomic E-state index is -4.56. The number of aryl methyl sites for hydroxylation is 1. The molecule has 0 saturated carbocycles. The highest BCUT2D eigenvalue weighted by atomic mass is 32.2. The lowest BCUT2D eigenvalue weighted by molar-refractivity contribution is -0.137. The van der Waals surface area contributed by atoms with E-state index in [0.717, 1.165) is 12.1 Å². The Morgan fingerprint density at radius 2 is 2.06 bits per heavy atom. The van der Waals surface area contributed by atoms with Gasteiger partial charge in [-0.3, -0.25) is 14.6 Å². The number of alkyl halides is 3. The number of rotatable bonds is 4. The molecule has 1 amide bonds. The second-order valence-electron chi connectivity index (χ2n) is 8.11. The van der Waals surface area contributed by atoms with Crippen LogP contribution in [-0.2, 0) is 12.6 Å². The van der Waals surface area contributed by atoms with Crippen molar-refractivity contribution in [2.24, 2.45) is 0 Å². The smallest absolute Gasteiger partial charge is 0.392 e. The van der Waals surface area contributed by atoms with Gasteiger partial charge < -0.3 is 15.0 Å². The van der Waals surface area contributed by atoms with Crippen LogP contribution in [0, 0.1) is 6.92 Å². The number of benzene rings is 1. The van der Waals surface area contributed by atoms with E-state index < -0.39 is 29.2 Å². The molecule has 2 atom stereocenters. The zero-order valence-corrected chi connectivity index (χ0v) is 19.2. The van der Waals surface area contributed by atoms with Gasteiger partial charge in [-0.15, -0.1) is 11.8 Å². The van der Waals surface area contributed by atoms with Crippen molar-refractivity contribution >= 4 is 17.7 Å². The van der Waals surface area contributed by atoms with Crippen LogP contribution in [0.25, 0.3) is 5.69 Å². The zero-order valence-electron chi connectivity index (χ0n) is 18.4. The number of pyridine rings is 2. The number of aliphatic hydroxyl groups is 1. The van der Waals surface area contributed by atoms with Crippen LogP contribution in [0.3, 0.4) is 0 Å². The van der Waals surface area contributed by atoms with Crippen molar-refractivity contribution in [1.29, 1.82) is 0 Å². The lowest BCUT2D eigenvalue weighted by Crippen LogP contribution is -2.36. The molecule has 1 aliphatic heterocycles. The molecule has 2 aromatic heterocycles. The highest BCUT2D eigenvalue weighted by Gasteiger charge is 2.34. The number of carbonyl (C=O) groups excluding carboxylic acids is 1. The number of hydrogen-bond donors (Lipinski definition) is 2. The van der Waals surface area contributed by atoms with Crippen LogP contribution < -0.4 is 10.7 Å². The highest BCUT2D eigenvalue weighted by Crippen LogP contribution is 2.45. The third kappa shape index (κ3) is 4.74. The van der Waals surface area contributed by atoms with E-state index >= 15 is 0 Å². The lowest BCUT2D eigenvalue weighted by atomic mass is 10.0. The first-order valence-corrected chi connectivity index (χ1v) is 11.4. The molecule has 0 saturated heterocycles. The standard InChI is InChI=1S/C24H22F3N3O3S/c1-13-9-19(32)22(23(33)29-12-14(2)31)18-11-21(16-5-3-4-8-28-16)34-20-7-6-15(24(25,26)27)10-17(20)30(13)18/h3-10,14,21,31H,11-12H2,1-2H3,(H,29,33). The molecule has 10 heteroatoms. The van der Waals surface area contributed by atoms with Gasteiger partial charge in [0.05, 0.1) is 28.3 Å². The largest absolute Gasteiger partial charge is 0.416 e. The number of hydrogen-bond acceptors (Lipinski definition) is 5. The number of amides is 1. The van der Waals surface area contributed by atoms with Gasteiger partial charge in [-0.2, -0.15) is 13.2 Å². The summed E-state index contributed by atoms with van der Waals surface area (Å²) in [7, 11) is 0. The van der Waals surface area contributed by atoms with E-state index in [1.165, 1.54) is 30.8 Å². The van der Waals surface area contributed by atoms with E-state index in [1.54, 1.807) is 35.9 Å². The summed E-state index contributed by atoms with van der Waals surface area (Å²) < 4.78 is 42.2. The van der Waals surface area contributed by atoms with Crippen LogP contribution in [-0.4, -0.2) is 33.2 Å². The van der Waals surface area contributed by atoms with Crippen LogP contribution in [0.5, 0.6) is 0 Å². The Hall–Kier alpha value is -3.11. The number of aromatic nitrogens is 2. The van der Waals surface area contributed by atoms with Crippen LogP contribution in [0.1, 0.15) is 45.2 Å². The third-order valence-electron chi connectivity index (χ3n) is 5.48. The summed E-state index contributed by atoms with van der Waals surface area (Å²) in [6.45, 7) is 3.04. The molecule has 1 aromatic carbocycles. The van der Waals surface area contributed by atoms with Crippen LogP contribution in [0.4, 0.5) is 13.2 Å². The van der Waals surface area contributed by atoms with Crippen molar-refractivity contribution in [3.05, 3.63) is 87.1 Å². The normalized spacial score (nSPS) is 16.2. The first kappa shape index (κ1) is 24.0. The van der Waals surface area contributed by atoms with E-state index in [9.17, 15) is 27.9 Å². The quantitative estimate of drug-likeness (QED) is 0.578. The number of thioether (sulfide) groups is 1. The minimum Gasteiger partial charge on any atom is -0.392 e. The lowest BCUT2D eigenvalue weighted by Gasteiger charge is -2.21. The average Bonchev–Trinajstić information content (AvgIpc) is 2.94. The molecule has 0 fully saturated rings. The highest BCUT2D eigenvalue weighted by molar-refractivity contribution is 7.99. The average molecular weight is 490 g/mol. The van der Waals surface area contributed by atoms with Gasteiger partial charge >= 0.3 is 6.18 Å². The van der Waals surface area contributed by atoms with Crippen molar-refractivity contribution in [2.45, 2.75) is 42.7 Å². The van der Waals surface area contributed by atoms with Crippen LogP contribution in [0.15, 0.2) is 58.4 Å². The second kappa shape index (κ2) is 9.27. The maximum atomic E-state index is 13.6. The van der Waals surface area contributed by atoms with Gasteiger partial charge in [0.25, 0.3) is 5.91 Å². The fraction of sp³-hybridized carbons (Fsp3) is 0.292. The summed E-state index contributed by atoms with van der Waals surface area (Å²) in [5.41, 5.74) is 0.119. The van der Waals surface area contributed by atoms with Crippen molar-refractivity contribution in [2.75, 3.05) is 6.54 Å². The Morgan fingerprint density at radius 1 is 1.29 bits per heavy atom. The van der Waals surface area contributed by atoms with Crippen LogP contribution in [0.2, 0.25) is 0 Å². The van der Waals surface area contributed by atoms with Crippen molar-refractivity contribution < 1.29 is 23.1 Å². The third-order valence-corrected chi connectivity index (χ3v) is 6.77. The summed E-state index contributed by atoms with van der Waals surface area (Å²) in [6.07, 6.45) is -3.58. The molecule has 2 unspecified atom stereocenters. The molecular weight excluding hydrogens is 467 g/mol. The fourth-order valence-corrected chi connectivity index (χ4v) is 5.19. The van der Waals surface area contributed by atoms with Gasteiger partial charge in [-0.05, 0) is 44.2 Å². The Morgan fingerprint density at radius 3 is 2.71 bits per heavy atom. The summed E-state index contributed by atoms with van der Waals surface area (Å²) in [5.74, 6) is -0.685. The molecule has 34 heavy (non-hydrogen) atoms. The minimum absolute atomic E-state index is 0.0706. The molecule has 178 valence electrons. The number of nitrogens with zero attached hydrogens (tertiary/aromatic N) is 2. The Kier molecular flexibility index (Phi) is 6.55. The van der Waals surface area contributed by atoms with E-state index in [-0.39, 0.29) is 29.5 Å². The van der Waals surface area contributed by atoms with E-state index in [1.807, 2.05) is 0 Å². The molecule has 1 aliphatic rings. The molecule has 3 heterocycles. The van der Waals surface area contributed by atoms with Gasteiger partial charge in [0.1, 0.15) is 5.56 Å². The number of aliphatic hydroxyl groups excluding tert-OH is 1. The molecule has 0 bridgehead atoms.